The molecule has 0 bridgehead atoms. The molecule has 1 spiro atoms. The van der Waals surface area contributed by atoms with Crippen LogP contribution in [0.2, 0.25) is 0 Å². The van der Waals surface area contributed by atoms with Gasteiger partial charge in [-0.1, -0.05) is 24.3 Å². The van der Waals surface area contributed by atoms with E-state index < -0.39 is 6.10 Å². The molecule has 0 unspecified atom stereocenters. The summed E-state index contributed by atoms with van der Waals surface area (Å²) in [6.45, 7) is 4.58. The van der Waals surface area contributed by atoms with Gasteiger partial charge in [-0.3, -0.25) is 14.6 Å². The molecule has 2 saturated heterocycles. The molecule has 1 aliphatic carbocycles. The lowest BCUT2D eigenvalue weighted by atomic mass is 9.72. The number of hydrogen-bond acceptors (Lipinski definition) is 5. The van der Waals surface area contributed by atoms with Crippen molar-refractivity contribution in [2.75, 3.05) is 32.7 Å². The van der Waals surface area contributed by atoms with Gasteiger partial charge in [-0.15, -0.1) is 0 Å². The van der Waals surface area contributed by atoms with Gasteiger partial charge in [0, 0.05) is 30.6 Å². The van der Waals surface area contributed by atoms with Crippen molar-refractivity contribution in [2.45, 2.75) is 36.9 Å². The van der Waals surface area contributed by atoms with Crippen LogP contribution in [0.4, 0.5) is 0 Å². The van der Waals surface area contributed by atoms with Gasteiger partial charge in [0.25, 0.3) is 0 Å². The number of carbonyl (C=O) groups excluding carboxylic acids is 1. The Morgan fingerprint density at radius 1 is 1.18 bits per heavy atom. The summed E-state index contributed by atoms with van der Waals surface area (Å²) in [6, 6.07) is 10.4. The fourth-order valence-electron chi connectivity index (χ4n) is 5.45. The number of piperidine rings is 1. The number of aliphatic hydroxyl groups is 1. The smallest absolute Gasteiger partial charge is 0.234 e. The summed E-state index contributed by atoms with van der Waals surface area (Å²) >= 11 is 0. The molecule has 2 atom stereocenters. The van der Waals surface area contributed by atoms with Gasteiger partial charge >= 0.3 is 0 Å². The van der Waals surface area contributed by atoms with Crippen LogP contribution in [-0.4, -0.2) is 59.6 Å². The van der Waals surface area contributed by atoms with Crippen LogP contribution in [0.3, 0.4) is 0 Å². The number of amides is 1. The van der Waals surface area contributed by atoms with Crippen LogP contribution >= 0.6 is 0 Å². The van der Waals surface area contributed by atoms with Gasteiger partial charge in [0.1, 0.15) is 0 Å². The zero-order valence-corrected chi connectivity index (χ0v) is 16.0. The Hall–Kier alpha value is -2.15. The fourth-order valence-corrected chi connectivity index (χ4v) is 5.45. The SMILES string of the molecule is O=C1CN([C@H]2c3ccccc3C3(CCN(Cc4ccoc4)CC3)[C@@H]2O)CCN1. The lowest BCUT2D eigenvalue weighted by molar-refractivity contribution is -0.126. The first-order chi connectivity index (χ1) is 13.7. The van der Waals surface area contributed by atoms with Gasteiger partial charge in [-0.2, -0.15) is 0 Å². The van der Waals surface area contributed by atoms with Gasteiger partial charge in [0.15, 0.2) is 0 Å². The molecule has 28 heavy (non-hydrogen) atoms. The van der Waals surface area contributed by atoms with Crippen LogP contribution < -0.4 is 5.32 Å². The van der Waals surface area contributed by atoms with E-state index in [4.69, 9.17) is 4.42 Å². The van der Waals surface area contributed by atoms with E-state index >= 15 is 0 Å². The maximum absolute atomic E-state index is 12.0. The van der Waals surface area contributed by atoms with Crippen LogP contribution in [-0.2, 0) is 16.8 Å². The average molecular weight is 381 g/mol. The van der Waals surface area contributed by atoms with E-state index in [1.807, 2.05) is 12.3 Å². The maximum Gasteiger partial charge on any atom is 0.234 e. The normalized spacial score (nSPS) is 27.7. The van der Waals surface area contributed by atoms with Crippen molar-refractivity contribution in [1.82, 2.24) is 15.1 Å². The van der Waals surface area contributed by atoms with E-state index in [2.05, 4.69) is 39.4 Å². The molecule has 3 heterocycles. The van der Waals surface area contributed by atoms with Crippen molar-refractivity contribution in [3.8, 4) is 0 Å². The summed E-state index contributed by atoms with van der Waals surface area (Å²) in [5, 5.41) is 14.5. The molecule has 2 N–H and O–H groups in total. The summed E-state index contributed by atoms with van der Waals surface area (Å²) in [7, 11) is 0. The Bertz CT molecular complexity index is 842. The van der Waals surface area contributed by atoms with Crippen molar-refractivity contribution in [3.05, 3.63) is 59.5 Å². The molecule has 6 nitrogen and oxygen atoms in total. The van der Waals surface area contributed by atoms with Gasteiger partial charge in [0.05, 0.1) is 31.2 Å². The molecule has 1 aromatic carbocycles. The molecular weight excluding hydrogens is 354 g/mol. The van der Waals surface area contributed by atoms with Crippen LogP contribution in [0.15, 0.2) is 47.3 Å². The van der Waals surface area contributed by atoms with Crippen molar-refractivity contribution in [3.63, 3.8) is 0 Å². The Labute approximate surface area is 165 Å². The number of rotatable bonds is 3. The lowest BCUT2D eigenvalue weighted by Crippen LogP contribution is -2.53. The number of likely N-dealkylation sites (tertiary alicyclic amines) is 1. The minimum atomic E-state index is -0.480. The highest BCUT2D eigenvalue weighted by Gasteiger charge is 2.54. The Balaban J connectivity index is 1.40. The number of nitrogens with one attached hydrogen (secondary N) is 1. The minimum absolute atomic E-state index is 0.0480. The van der Waals surface area contributed by atoms with Crippen LogP contribution in [0, 0.1) is 0 Å². The van der Waals surface area contributed by atoms with Crippen LogP contribution in [0.5, 0.6) is 0 Å². The molecule has 148 valence electrons. The number of fused-ring (bicyclic) bond motifs is 2. The van der Waals surface area contributed by atoms with Gasteiger partial charge in [0.2, 0.25) is 5.91 Å². The molecular formula is C22H27N3O3. The average Bonchev–Trinajstić information content (AvgIpc) is 3.30. The quantitative estimate of drug-likeness (QED) is 0.846. The second kappa shape index (κ2) is 7.03. The summed E-state index contributed by atoms with van der Waals surface area (Å²) in [5.74, 6) is 0.0480. The summed E-state index contributed by atoms with van der Waals surface area (Å²) in [6.07, 6.45) is 4.91. The number of benzene rings is 1. The minimum Gasteiger partial charge on any atom is -0.472 e. The molecule has 0 radical (unpaired) electrons. The van der Waals surface area contributed by atoms with Gasteiger partial charge in [-0.25, -0.2) is 0 Å². The second-order valence-corrected chi connectivity index (χ2v) is 8.36. The summed E-state index contributed by atoms with van der Waals surface area (Å²) < 4.78 is 5.20. The number of furan rings is 1. The standard InChI is InChI=1S/C22H27N3O3/c26-19-14-25(11-8-23-19)20-17-3-1-2-4-18(17)22(21(20)27)6-9-24(10-7-22)13-16-5-12-28-15-16/h1-5,12,15,20-21,27H,6-11,13-14H2,(H,23,26)/t20-,21+/m0/s1. The molecule has 0 saturated carbocycles. The lowest BCUT2D eigenvalue weighted by Gasteiger charge is -2.44. The van der Waals surface area contributed by atoms with Crippen LogP contribution in [0.1, 0.15) is 35.6 Å². The maximum atomic E-state index is 12.0. The van der Waals surface area contributed by atoms with Crippen molar-refractivity contribution >= 4 is 5.91 Å². The van der Waals surface area contributed by atoms with E-state index in [0.717, 1.165) is 39.0 Å². The van der Waals surface area contributed by atoms with Gasteiger partial charge < -0.3 is 14.8 Å². The monoisotopic (exact) mass is 381 g/mol. The Morgan fingerprint density at radius 3 is 2.75 bits per heavy atom. The predicted octanol–water partition coefficient (Wildman–Crippen LogP) is 1.66. The molecule has 5 rings (SSSR count). The van der Waals surface area contributed by atoms with E-state index in [-0.39, 0.29) is 17.4 Å². The number of nitrogens with zero attached hydrogens (tertiary/aromatic N) is 2. The van der Waals surface area contributed by atoms with E-state index in [9.17, 15) is 9.90 Å². The fraction of sp³-hybridized carbons (Fsp3) is 0.500. The topological polar surface area (TPSA) is 69.0 Å². The third-order valence-corrected chi connectivity index (χ3v) is 6.88. The molecule has 3 aliphatic rings. The molecule has 1 amide bonds. The van der Waals surface area contributed by atoms with E-state index in [1.165, 1.54) is 16.7 Å². The predicted molar refractivity (Wildman–Crippen MR) is 105 cm³/mol. The van der Waals surface area contributed by atoms with Crippen molar-refractivity contribution in [1.29, 1.82) is 0 Å². The molecule has 1 aromatic heterocycles. The number of hydrogen-bond donors (Lipinski definition) is 2. The largest absolute Gasteiger partial charge is 0.472 e. The third-order valence-electron chi connectivity index (χ3n) is 6.88. The summed E-state index contributed by atoms with van der Waals surface area (Å²) in [4.78, 5) is 16.6. The highest BCUT2D eigenvalue weighted by Crippen LogP contribution is 2.52. The van der Waals surface area contributed by atoms with Crippen molar-refractivity contribution < 1.29 is 14.3 Å². The highest BCUT2D eigenvalue weighted by atomic mass is 16.3. The highest BCUT2D eigenvalue weighted by molar-refractivity contribution is 5.78. The Morgan fingerprint density at radius 2 is 2.00 bits per heavy atom. The molecule has 2 aliphatic heterocycles. The first-order valence-electron chi connectivity index (χ1n) is 10.2. The zero-order valence-electron chi connectivity index (χ0n) is 16.0. The zero-order chi connectivity index (χ0) is 19.1. The Kier molecular flexibility index (Phi) is 4.50. The summed E-state index contributed by atoms with van der Waals surface area (Å²) in [5.41, 5.74) is 3.46. The first-order valence-corrected chi connectivity index (χ1v) is 10.2. The van der Waals surface area contributed by atoms with Crippen molar-refractivity contribution in [2.24, 2.45) is 0 Å². The van der Waals surface area contributed by atoms with Gasteiger partial charge in [-0.05, 0) is 43.1 Å². The first kappa shape index (κ1) is 17.9. The molecule has 6 heteroatoms. The van der Waals surface area contributed by atoms with E-state index in [0.29, 0.717) is 13.1 Å². The molecule has 2 aromatic rings. The van der Waals surface area contributed by atoms with E-state index in [1.54, 1.807) is 6.26 Å². The number of carbonyl (C=O) groups is 1. The number of piperazine rings is 1. The van der Waals surface area contributed by atoms with Crippen LogP contribution in [0.25, 0.3) is 0 Å². The molecule has 2 fully saturated rings. The number of aliphatic hydroxyl groups excluding tert-OH is 1. The third kappa shape index (κ3) is 2.87. The second-order valence-electron chi connectivity index (χ2n) is 8.36.